The first-order valence-corrected chi connectivity index (χ1v) is 8.57. The van der Waals surface area contributed by atoms with E-state index < -0.39 is 11.5 Å². The standard InChI is InChI=1S/C22H21NO4/c1-22(25,21(24)23(26)16-17-8-4-2-5-9-17)18-12-14-20(15-13-18)27-19-10-6-3-7-11-19/h2-15,25-26H,16H2,1H3. The van der Waals surface area contributed by atoms with Crippen LogP contribution >= 0.6 is 0 Å². The van der Waals surface area contributed by atoms with Crippen molar-refractivity contribution < 1.29 is 19.8 Å². The lowest BCUT2D eigenvalue weighted by molar-refractivity contribution is -0.188. The molecule has 5 heteroatoms. The van der Waals surface area contributed by atoms with E-state index in [0.29, 0.717) is 22.1 Å². The van der Waals surface area contributed by atoms with E-state index in [2.05, 4.69) is 0 Å². The van der Waals surface area contributed by atoms with Crippen molar-refractivity contribution in [1.82, 2.24) is 5.06 Å². The third kappa shape index (κ3) is 4.53. The number of amides is 1. The molecule has 0 aliphatic carbocycles. The summed E-state index contributed by atoms with van der Waals surface area (Å²) in [5.41, 5.74) is -0.745. The van der Waals surface area contributed by atoms with E-state index >= 15 is 0 Å². The van der Waals surface area contributed by atoms with Gasteiger partial charge < -0.3 is 9.84 Å². The molecule has 1 amide bonds. The highest BCUT2D eigenvalue weighted by atomic mass is 16.5. The second-order valence-corrected chi connectivity index (χ2v) is 6.36. The summed E-state index contributed by atoms with van der Waals surface area (Å²) in [5, 5.41) is 21.3. The summed E-state index contributed by atoms with van der Waals surface area (Å²) in [4.78, 5) is 12.5. The van der Waals surface area contributed by atoms with Crippen LogP contribution in [0.25, 0.3) is 0 Å². The molecule has 0 bridgehead atoms. The molecule has 0 aliphatic heterocycles. The number of carbonyl (C=O) groups excluding carboxylic acids is 1. The van der Waals surface area contributed by atoms with Crippen molar-refractivity contribution in [2.45, 2.75) is 19.1 Å². The summed E-state index contributed by atoms with van der Waals surface area (Å²) in [6.45, 7) is 1.35. The van der Waals surface area contributed by atoms with Gasteiger partial charge in [0.25, 0.3) is 5.91 Å². The number of rotatable bonds is 6. The molecule has 0 saturated heterocycles. The van der Waals surface area contributed by atoms with E-state index in [4.69, 9.17) is 4.74 Å². The predicted molar refractivity (Wildman–Crippen MR) is 101 cm³/mol. The minimum absolute atomic E-state index is 0.00890. The maximum atomic E-state index is 12.5. The molecule has 1 atom stereocenters. The van der Waals surface area contributed by atoms with Crippen LogP contribution in [-0.2, 0) is 16.9 Å². The number of hydrogen-bond donors (Lipinski definition) is 2. The molecular weight excluding hydrogens is 342 g/mol. The highest BCUT2D eigenvalue weighted by Gasteiger charge is 2.36. The largest absolute Gasteiger partial charge is 0.457 e. The second-order valence-electron chi connectivity index (χ2n) is 6.36. The quantitative estimate of drug-likeness (QED) is 0.511. The van der Waals surface area contributed by atoms with Crippen LogP contribution in [0.15, 0.2) is 84.9 Å². The molecule has 27 heavy (non-hydrogen) atoms. The maximum absolute atomic E-state index is 12.5. The molecule has 0 aliphatic rings. The zero-order valence-corrected chi connectivity index (χ0v) is 14.9. The molecule has 1 unspecified atom stereocenters. The lowest BCUT2D eigenvalue weighted by Gasteiger charge is -2.27. The van der Waals surface area contributed by atoms with Gasteiger partial charge in [0.1, 0.15) is 11.5 Å². The molecule has 0 saturated carbocycles. The molecule has 0 aromatic heterocycles. The van der Waals surface area contributed by atoms with Gasteiger partial charge in [0.2, 0.25) is 0 Å². The Hall–Kier alpha value is -3.15. The fourth-order valence-corrected chi connectivity index (χ4v) is 2.68. The molecule has 5 nitrogen and oxygen atoms in total. The van der Waals surface area contributed by atoms with Crippen molar-refractivity contribution >= 4 is 5.91 Å². The monoisotopic (exact) mass is 363 g/mol. The van der Waals surface area contributed by atoms with Crippen molar-refractivity contribution in [3.8, 4) is 11.5 Å². The summed E-state index contributed by atoms with van der Waals surface area (Å²) in [6, 6.07) is 24.9. The summed E-state index contributed by atoms with van der Waals surface area (Å²) >= 11 is 0. The minimum atomic E-state index is -1.87. The summed E-state index contributed by atoms with van der Waals surface area (Å²) < 4.78 is 5.71. The molecule has 3 rings (SSSR count). The van der Waals surface area contributed by atoms with Crippen molar-refractivity contribution in [3.05, 3.63) is 96.1 Å². The Labute approximate surface area is 158 Å². The average molecular weight is 363 g/mol. The first-order chi connectivity index (χ1) is 13.0. The van der Waals surface area contributed by atoms with Crippen molar-refractivity contribution in [2.24, 2.45) is 0 Å². The Morgan fingerprint density at radius 1 is 0.889 bits per heavy atom. The predicted octanol–water partition coefficient (Wildman–Crippen LogP) is 4.10. The third-order valence-corrected chi connectivity index (χ3v) is 4.22. The second kappa shape index (κ2) is 8.03. The van der Waals surface area contributed by atoms with E-state index in [1.54, 1.807) is 36.4 Å². The first-order valence-electron chi connectivity index (χ1n) is 8.57. The van der Waals surface area contributed by atoms with E-state index in [1.165, 1.54) is 6.92 Å². The molecule has 2 N–H and O–H groups in total. The van der Waals surface area contributed by atoms with Crippen LogP contribution in [0, 0.1) is 0 Å². The molecule has 3 aromatic rings. The van der Waals surface area contributed by atoms with Crippen LogP contribution in [-0.4, -0.2) is 21.3 Å². The Bertz CT molecular complexity index is 877. The average Bonchev–Trinajstić information content (AvgIpc) is 2.69. The van der Waals surface area contributed by atoms with E-state index in [9.17, 15) is 15.1 Å². The zero-order valence-electron chi connectivity index (χ0n) is 14.9. The Morgan fingerprint density at radius 3 is 2.00 bits per heavy atom. The van der Waals surface area contributed by atoms with Crippen LogP contribution < -0.4 is 4.74 Å². The zero-order chi connectivity index (χ0) is 19.3. The van der Waals surface area contributed by atoms with Crippen molar-refractivity contribution in [2.75, 3.05) is 0 Å². The maximum Gasteiger partial charge on any atom is 0.282 e. The molecule has 0 heterocycles. The molecule has 0 radical (unpaired) electrons. The van der Waals surface area contributed by atoms with Gasteiger partial charge in [-0.05, 0) is 42.3 Å². The molecule has 138 valence electrons. The number of ether oxygens (including phenoxy) is 1. The smallest absolute Gasteiger partial charge is 0.282 e. The van der Waals surface area contributed by atoms with Gasteiger partial charge in [-0.15, -0.1) is 0 Å². The molecule has 0 spiro atoms. The van der Waals surface area contributed by atoms with Gasteiger partial charge >= 0.3 is 0 Å². The SMILES string of the molecule is CC(O)(C(=O)N(O)Cc1ccccc1)c1ccc(Oc2ccccc2)cc1. The highest BCUT2D eigenvalue weighted by Crippen LogP contribution is 2.27. The van der Waals surface area contributed by atoms with Gasteiger partial charge in [0.15, 0.2) is 5.60 Å². The van der Waals surface area contributed by atoms with Crippen LogP contribution in [0.2, 0.25) is 0 Å². The summed E-state index contributed by atoms with van der Waals surface area (Å²) in [7, 11) is 0. The molecular formula is C22H21NO4. The van der Waals surface area contributed by atoms with E-state index in [1.807, 2.05) is 48.5 Å². The van der Waals surface area contributed by atoms with Gasteiger partial charge in [-0.25, -0.2) is 5.06 Å². The highest BCUT2D eigenvalue weighted by molar-refractivity contribution is 5.85. The van der Waals surface area contributed by atoms with Crippen LogP contribution in [0.4, 0.5) is 0 Å². The van der Waals surface area contributed by atoms with Gasteiger partial charge in [-0.3, -0.25) is 10.0 Å². The molecule has 3 aromatic carbocycles. The van der Waals surface area contributed by atoms with Gasteiger partial charge in [-0.2, -0.15) is 0 Å². The number of aliphatic hydroxyl groups is 1. The van der Waals surface area contributed by atoms with Crippen molar-refractivity contribution in [3.63, 3.8) is 0 Å². The van der Waals surface area contributed by atoms with Gasteiger partial charge in [0, 0.05) is 0 Å². The normalized spacial score (nSPS) is 12.9. The third-order valence-electron chi connectivity index (χ3n) is 4.22. The minimum Gasteiger partial charge on any atom is -0.457 e. The number of carbonyl (C=O) groups is 1. The van der Waals surface area contributed by atoms with Crippen LogP contribution in [0.3, 0.4) is 0 Å². The van der Waals surface area contributed by atoms with Crippen LogP contribution in [0.5, 0.6) is 11.5 Å². The fraction of sp³-hybridized carbons (Fsp3) is 0.136. The number of para-hydroxylation sites is 1. The number of hydrogen-bond acceptors (Lipinski definition) is 4. The fourth-order valence-electron chi connectivity index (χ4n) is 2.68. The van der Waals surface area contributed by atoms with E-state index in [0.717, 1.165) is 5.56 Å². The lowest BCUT2D eigenvalue weighted by Crippen LogP contribution is -2.43. The number of hydroxylamine groups is 2. The summed E-state index contributed by atoms with van der Waals surface area (Å²) in [6.07, 6.45) is 0. The van der Waals surface area contributed by atoms with Gasteiger partial charge in [0.05, 0.1) is 6.54 Å². The Morgan fingerprint density at radius 2 is 1.41 bits per heavy atom. The van der Waals surface area contributed by atoms with Crippen molar-refractivity contribution in [1.29, 1.82) is 0 Å². The number of benzene rings is 3. The lowest BCUT2D eigenvalue weighted by atomic mass is 9.94. The Kier molecular flexibility index (Phi) is 5.54. The van der Waals surface area contributed by atoms with E-state index in [-0.39, 0.29) is 6.54 Å². The topological polar surface area (TPSA) is 70.0 Å². The molecule has 0 fully saturated rings. The summed E-state index contributed by atoms with van der Waals surface area (Å²) in [5.74, 6) is 0.471. The number of nitrogens with zero attached hydrogens (tertiary/aromatic N) is 1. The first kappa shape index (κ1) is 18.6. The Balaban J connectivity index is 1.70. The van der Waals surface area contributed by atoms with Gasteiger partial charge in [-0.1, -0.05) is 60.7 Å². The van der Waals surface area contributed by atoms with Crippen LogP contribution in [0.1, 0.15) is 18.1 Å².